The third kappa shape index (κ3) is 11.3. The number of hydrogen-bond acceptors (Lipinski definition) is 1. The zero-order chi connectivity index (χ0) is 18.5. The number of ether oxygens (including phenoxy) is 1. The predicted molar refractivity (Wildman–Crippen MR) is 87.1 cm³/mol. The molecule has 2 aromatic rings. The summed E-state index contributed by atoms with van der Waals surface area (Å²) in [6.07, 6.45) is 2.29. The molecule has 0 spiro atoms. The molecule has 9 heteroatoms. The Morgan fingerprint density at radius 1 is 0.833 bits per heavy atom. The molecule has 1 atom stereocenters. The maximum atomic E-state index is 9.91. The van der Waals surface area contributed by atoms with Gasteiger partial charge < -0.3 is 4.74 Å². The molecule has 1 unspecified atom stereocenters. The van der Waals surface area contributed by atoms with Crippen molar-refractivity contribution in [3.05, 3.63) is 60.2 Å². The first-order valence-corrected chi connectivity index (χ1v) is 12.7. The number of hydrogen-bond donors (Lipinski definition) is 0. The Morgan fingerprint density at radius 2 is 1.29 bits per heavy atom. The van der Waals surface area contributed by atoms with Crippen molar-refractivity contribution >= 4 is 25.1 Å². The summed E-state index contributed by atoms with van der Waals surface area (Å²) in [5, 5.41) is 0. The van der Waals surface area contributed by atoms with Crippen molar-refractivity contribution in [3.63, 3.8) is 0 Å². The van der Waals surface area contributed by atoms with Gasteiger partial charge in [-0.2, -0.15) is 0 Å². The van der Waals surface area contributed by atoms with Crippen molar-refractivity contribution in [2.75, 3.05) is 13.4 Å². The van der Waals surface area contributed by atoms with Crippen LogP contribution in [0.1, 0.15) is 5.56 Å². The second-order valence-corrected chi connectivity index (χ2v) is 11.0. The average Bonchev–Trinajstić information content (AvgIpc) is 2.45. The number of halogens is 6. The summed E-state index contributed by atoms with van der Waals surface area (Å²) in [5.74, 6) is 2.03. The minimum absolute atomic E-state index is 0.250. The van der Waals surface area contributed by atoms with Crippen molar-refractivity contribution in [1.29, 1.82) is 0 Å². The van der Waals surface area contributed by atoms with Gasteiger partial charge in [-0.05, 0) is 24.3 Å². The van der Waals surface area contributed by atoms with Crippen LogP contribution in [0.15, 0.2) is 59.5 Å². The normalized spacial score (nSPS) is 15.3. The molecule has 0 N–H and O–H groups in total. The fourth-order valence-electron chi connectivity index (χ4n) is 1.72. The number of rotatable bonds is 4. The standard InChI is InChI=1S/C15H17OS.AsF6/c1-16-14-8-10-15(11-9-14)17(2)12-13-6-4-3-5-7-13;2-1(3,4,5,6)7/h3-11H,12H2,1-2H3;/q+1;-1. The Morgan fingerprint density at radius 3 is 1.71 bits per heavy atom. The number of benzene rings is 2. The monoisotopic (exact) mass is 434 g/mol. The van der Waals surface area contributed by atoms with Gasteiger partial charge in [0.2, 0.25) is 0 Å². The van der Waals surface area contributed by atoms with Crippen LogP contribution in [0, 0.1) is 0 Å². The van der Waals surface area contributed by atoms with E-state index in [9.17, 15) is 20.8 Å². The van der Waals surface area contributed by atoms with E-state index >= 15 is 0 Å². The van der Waals surface area contributed by atoms with Crippen LogP contribution in [-0.4, -0.2) is 27.5 Å². The van der Waals surface area contributed by atoms with Gasteiger partial charge in [0.25, 0.3) is 0 Å². The van der Waals surface area contributed by atoms with Gasteiger partial charge >= 0.3 is 35.0 Å². The Balaban J connectivity index is 0.000000351. The summed E-state index contributed by atoms with van der Waals surface area (Å²) < 4.78 is 64.6. The summed E-state index contributed by atoms with van der Waals surface area (Å²) in [7, 11) is 1.95. The molecular formula is C15H17AsF6OS. The van der Waals surface area contributed by atoms with E-state index in [0.717, 1.165) is 11.5 Å². The van der Waals surface area contributed by atoms with E-state index in [4.69, 9.17) is 4.74 Å². The molecule has 0 amide bonds. The third-order valence-corrected chi connectivity index (χ3v) is 4.53. The molecule has 2 rings (SSSR count). The predicted octanol–water partition coefficient (Wildman–Crippen LogP) is 5.64. The zero-order valence-corrected chi connectivity index (χ0v) is 15.6. The average molecular weight is 434 g/mol. The molecular weight excluding hydrogens is 417 g/mol. The quantitative estimate of drug-likeness (QED) is 0.344. The molecule has 0 aliphatic rings. The van der Waals surface area contributed by atoms with Gasteiger partial charge in [0.15, 0.2) is 4.90 Å². The zero-order valence-electron chi connectivity index (χ0n) is 12.9. The van der Waals surface area contributed by atoms with E-state index in [1.165, 1.54) is 10.5 Å². The molecule has 0 saturated carbocycles. The van der Waals surface area contributed by atoms with Crippen LogP contribution in [-0.2, 0) is 16.6 Å². The van der Waals surface area contributed by atoms with E-state index < -0.39 is 14.2 Å². The summed E-state index contributed by atoms with van der Waals surface area (Å²) >= 11 is -11.1. The molecule has 24 heavy (non-hydrogen) atoms. The van der Waals surface area contributed by atoms with Gasteiger partial charge in [-0.3, -0.25) is 0 Å². The molecule has 2 aromatic carbocycles. The van der Waals surface area contributed by atoms with Gasteiger partial charge in [-0.25, -0.2) is 0 Å². The molecule has 0 aliphatic carbocycles. The van der Waals surface area contributed by atoms with Crippen molar-refractivity contribution in [2.24, 2.45) is 0 Å². The van der Waals surface area contributed by atoms with Crippen LogP contribution < -0.4 is 4.74 Å². The van der Waals surface area contributed by atoms with Gasteiger partial charge in [-0.1, -0.05) is 30.3 Å². The van der Waals surface area contributed by atoms with Crippen molar-refractivity contribution in [1.82, 2.24) is 0 Å². The van der Waals surface area contributed by atoms with Gasteiger partial charge in [0.1, 0.15) is 17.8 Å². The van der Waals surface area contributed by atoms with Crippen LogP contribution in [0.2, 0.25) is 0 Å². The fraction of sp³-hybridized carbons (Fsp3) is 0.200. The SMILES string of the molecule is COc1ccc([S+](C)Cc2ccccc2)cc1.F[As-](F)(F)(F)(F)F. The summed E-state index contributed by atoms with van der Waals surface area (Å²) in [6, 6.07) is 19.0. The topological polar surface area (TPSA) is 9.23 Å². The molecule has 0 radical (unpaired) electrons. The van der Waals surface area contributed by atoms with Gasteiger partial charge in [0, 0.05) is 16.5 Å². The first-order valence-electron chi connectivity index (χ1n) is 6.61. The van der Waals surface area contributed by atoms with Gasteiger partial charge in [-0.15, -0.1) is 0 Å². The molecule has 1 nitrogen and oxygen atoms in total. The van der Waals surface area contributed by atoms with Crippen molar-refractivity contribution in [2.45, 2.75) is 10.6 Å². The summed E-state index contributed by atoms with van der Waals surface area (Å²) in [5.41, 5.74) is 1.40. The van der Waals surface area contributed by atoms with Crippen LogP contribution in [0.5, 0.6) is 5.75 Å². The van der Waals surface area contributed by atoms with Crippen LogP contribution in [0.4, 0.5) is 20.8 Å². The molecule has 0 aromatic heterocycles. The van der Waals surface area contributed by atoms with E-state index in [0.29, 0.717) is 0 Å². The molecule has 0 heterocycles. The third-order valence-electron chi connectivity index (χ3n) is 2.69. The van der Waals surface area contributed by atoms with E-state index in [-0.39, 0.29) is 10.9 Å². The van der Waals surface area contributed by atoms with E-state index in [1.807, 2.05) is 12.1 Å². The summed E-state index contributed by atoms with van der Waals surface area (Å²) in [4.78, 5) is 1.38. The van der Waals surface area contributed by atoms with Crippen LogP contribution in [0.25, 0.3) is 0 Å². The van der Waals surface area contributed by atoms with E-state index in [2.05, 4.69) is 48.7 Å². The number of methoxy groups -OCH3 is 1. The van der Waals surface area contributed by atoms with E-state index in [1.54, 1.807) is 7.11 Å². The Bertz CT molecular complexity index is 632. The Labute approximate surface area is 140 Å². The molecule has 136 valence electrons. The van der Waals surface area contributed by atoms with Crippen molar-refractivity contribution < 1.29 is 25.5 Å². The summed E-state index contributed by atoms with van der Waals surface area (Å²) in [6.45, 7) is 0. The second-order valence-electron chi connectivity index (χ2n) is 4.90. The Hall–Kier alpha value is -1.27. The minimum atomic E-state index is -11.1. The fourth-order valence-corrected chi connectivity index (χ4v) is 3.18. The Kier molecular flexibility index (Phi) is 5.99. The molecule has 0 aliphatic heterocycles. The second kappa shape index (κ2) is 6.92. The van der Waals surface area contributed by atoms with Gasteiger partial charge in [0.05, 0.1) is 7.11 Å². The first kappa shape index (κ1) is 20.8. The first-order chi connectivity index (χ1) is 10.7. The molecule has 0 fully saturated rings. The molecule has 0 saturated heterocycles. The maximum absolute atomic E-state index is 11.1. The molecule has 0 bridgehead atoms. The van der Waals surface area contributed by atoms with Crippen LogP contribution in [0.3, 0.4) is 0 Å². The van der Waals surface area contributed by atoms with Crippen molar-refractivity contribution in [3.8, 4) is 5.75 Å². The van der Waals surface area contributed by atoms with Crippen LogP contribution >= 0.6 is 0 Å².